The zero-order valence-electron chi connectivity index (χ0n) is 20.7. The summed E-state index contributed by atoms with van der Waals surface area (Å²) in [6.45, 7) is 2.02. The molecule has 3 aromatic rings. The molecule has 1 aliphatic carbocycles. The molecule has 6 nitrogen and oxygen atoms in total. The fraction of sp³-hybridized carbons (Fsp3) is 0.429. The summed E-state index contributed by atoms with van der Waals surface area (Å²) >= 11 is 0. The van der Waals surface area contributed by atoms with Crippen LogP contribution in [0.1, 0.15) is 71.1 Å². The van der Waals surface area contributed by atoms with Crippen LogP contribution in [-0.2, 0) is 18.9 Å². The average Bonchev–Trinajstić information content (AvgIpc) is 3.60. The Morgan fingerprint density at radius 3 is 2.57 bits per heavy atom. The molecule has 9 heteroatoms. The molecular formula is C28H26F3N5O. The van der Waals surface area contributed by atoms with Gasteiger partial charge < -0.3 is 0 Å². The topological polar surface area (TPSA) is 74.8 Å². The first kappa shape index (κ1) is 23.9. The highest BCUT2D eigenvalue weighted by molar-refractivity contribution is 5.98. The van der Waals surface area contributed by atoms with Crippen LogP contribution in [0.5, 0.6) is 0 Å². The summed E-state index contributed by atoms with van der Waals surface area (Å²) in [6.07, 6.45) is 4.89. The van der Waals surface area contributed by atoms with E-state index in [1.807, 2.05) is 6.92 Å². The summed E-state index contributed by atoms with van der Waals surface area (Å²) in [5.41, 5.74) is 3.97. The standard InChI is InChI=1S/C28H26F3N5O/c1-15-18(6-7-24(33-15)28(14-32)8-9-28)23(37)13-36-17-4-3-5-22(36)26-19(12-17)27(35(2)34-26)16-10-20(29)25(31)21(30)11-16/h6-7,10-11,17,22H,3-5,8-9,12-13H2,1-2H3/t17-,22+/m0/s1. The number of fused-ring (bicyclic) bond motifs is 4. The Kier molecular flexibility index (Phi) is 5.50. The highest BCUT2D eigenvalue weighted by Gasteiger charge is 2.47. The van der Waals surface area contributed by atoms with E-state index in [4.69, 9.17) is 5.10 Å². The summed E-state index contributed by atoms with van der Waals surface area (Å²) in [6, 6.07) is 7.95. The summed E-state index contributed by atoms with van der Waals surface area (Å²) < 4.78 is 43.3. The van der Waals surface area contributed by atoms with Gasteiger partial charge in [-0.15, -0.1) is 0 Å². The van der Waals surface area contributed by atoms with E-state index in [2.05, 4.69) is 16.0 Å². The number of carbonyl (C=O) groups is 1. The minimum absolute atomic E-state index is 0.0301. The zero-order valence-corrected chi connectivity index (χ0v) is 20.7. The predicted molar refractivity (Wildman–Crippen MR) is 129 cm³/mol. The van der Waals surface area contributed by atoms with Gasteiger partial charge in [0.05, 0.1) is 41.2 Å². The van der Waals surface area contributed by atoms with Crippen molar-refractivity contribution in [3.63, 3.8) is 0 Å². The maximum Gasteiger partial charge on any atom is 0.194 e. The van der Waals surface area contributed by atoms with Gasteiger partial charge in [0.25, 0.3) is 0 Å². The van der Waals surface area contributed by atoms with Gasteiger partial charge in [0.1, 0.15) is 0 Å². The molecule has 0 spiro atoms. The molecule has 3 aliphatic rings. The van der Waals surface area contributed by atoms with Gasteiger partial charge in [-0.1, -0.05) is 0 Å². The number of hydrogen-bond donors (Lipinski definition) is 0. The Morgan fingerprint density at radius 2 is 1.92 bits per heavy atom. The van der Waals surface area contributed by atoms with Gasteiger partial charge in [-0.05, 0) is 69.7 Å². The second-order valence-corrected chi connectivity index (χ2v) is 10.5. The smallest absolute Gasteiger partial charge is 0.194 e. The molecule has 37 heavy (non-hydrogen) atoms. The summed E-state index contributed by atoms with van der Waals surface area (Å²) in [5, 5.41) is 14.2. The molecule has 0 N–H and O–H groups in total. The van der Waals surface area contributed by atoms with Gasteiger partial charge in [-0.2, -0.15) is 10.4 Å². The number of ketones is 1. The normalized spacial score (nSPS) is 21.8. The van der Waals surface area contributed by atoms with E-state index >= 15 is 0 Å². The Balaban J connectivity index is 1.30. The van der Waals surface area contributed by atoms with E-state index in [9.17, 15) is 23.2 Å². The van der Waals surface area contributed by atoms with Crippen molar-refractivity contribution in [1.82, 2.24) is 19.7 Å². The molecule has 0 unspecified atom stereocenters. The van der Waals surface area contributed by atoms with E-state index < -0.39 is 22.9 Å². The third kappa shape index (κ3) is 3.77. The van der Waals surface area contributed by atoms with Crippen molar-refractivity contribution in [3.8, 4) is 17.3 Å². The SMILES string of the molecule is Cc1nc(C2(C#N)CC2)ccc1C(=O)CN1[C@H]2CCC[C@@H]1c1nn(C)c(-c3cc(F)c(F)c(F)c3)c1C2. The van der Waals surface area contributed by atoms with E-state index in [0.29, 0.717) is 23.4 Å². The van der Waals surface area contributed by atoms with Gasteiger partial charge in [-0.3, -0.25) is 19.4 Å². The van der Waals surface area contributed by atoms with Crippen molar-refractivity contribution in [3.05, 3.63) is 69.9 Å². The molecule has 2 aromatic heterocycles. The monoisotopic (exact) mass is 505 g/mol. The summed E-state index contributed by atoms with van der Waals surface area (Å²) in [5.74, 6) is -3.98. The molecule has 1 saturated heterocycles. The molecule has 2 fully saturated rings. The summed E-state index contributed by atoms with van der Waals surface area (Å²) in [4.78, 5) is 20.2. The van der Waals surface area contributed by atoms with Gasteiger partial charge in [0, 0.05) is 35.5 Å². The molecule has 2 atom stereocenters. The third-order valence-corrected chi connectivity index (χ3v) is 8.24. The molecule has 4 heterocycles. The number of aromatic nitrogens is 3. The second kappa shape index (κ2) is 8.52. The number of hydrogen-bond acceptors (Lipinski definition) is 5. The Labute approximate surface area is 212 Å². The van der Waals surface area contributed by atoms with Gasteiger partial charge in [0.2, 0.25) is 0 Å². The number of pyridine rings is 1. The number of nitrogens with zero attached hydrogens (tertiary/aromatic N) is 5. The molecule has 2 aliphatic heterocycles. The average molecular weight is 506 g/mol. The van der Waals surface area contributed by atoms with Gasteiger partial charge in [-0.25, -0.2) is 13.2 Å². The van der Waals surface area contributed by atoms with E-state index in [1.165, 1.54) is 0 Å². The predicted octanol–water partition coefficient (Wildman–Crippen LogP) is 5.10. The van der Waals surface area contributed by atoms with Crippen LogP contribution in [0.3, 0.4) is 0 Å². The van der Waals surface area contributed by atoms with Gasteiger partial charge >= 0.3 is 0 Å². The van der Waals surface area contributed by atoms with E-state index in [1.54, 1.807) is 23.9 Å². The number of nitriles is 1. The Bertz CT molecular complexity index is 1460. The van der Waals surface area contributed by atoms with Crippen LogP contribution in [0, 0.1) is 35.7 Å². The first-order valence-corrected chi connectivity index (χ1v) is 12.6. The van der Waals surface area contributed by atoms with Crippen molar-refractivity contribution in [1.29, 1.82) is 5.26 Å². The summed E-state index contributed by atoms with van der Waals surface area (Å²) in [7, 11) is 1.72. The third-order valence-electron chi connectivity index (χ3n) is 8.24. The van der Waals surface area contributed by atoms with Crippen LogP contribution >= 0.6 is 0 Å². The van der Waals surface area contributed by atoms with Crippen LogP contribution in [-0.4, -0.2) is 38.0 Å². The fourth-order valence-corrected chi connectivity index (χ4v) is 6.16. The van der Waals surface area contributed by atoms with Crippen molar-refractivity contribution >= 4 is 5.78 Å². The number of benzene rings is 1. The molecular weight excluding hydrogens is 479 g/mol. The highest BCUT2D eigenvalue weighted by atomic mass is 19.2. The minimum Gasteiger partial charge on any atom is -0.293 e. The van der Waals surface area contributed by atoms with E-state index in [0.717, 1.165) is 61.2 Å². The molecule has 190 valence electrons. The van der Waals surface area contributed by atoms with Crippen molar-refractivity contribution in [2.45, 2.75) is 62.9 Å². The van der Waals surface area contributed by atoms with Gasteiger partial charge in [0.15, 0.2) is 23.2 Å². The molecule has 1 saturated carbocycles. The molecule has 0 amide bonds. The largest absolute Gasteiger partial charge is 0.293 e. The lowest BCUT2D eigenvalue weighted by Gasteiger charge is -2.45. The fourth-order valence-electron chi connectivity index (χ4n) is 6.16. The molecule has 2 bridgehead atoms. The lowest BCUT2D eigenvalue weighted by Crippen LogP contribution is -2.48. The van der Waals surface area contributed by atoms with Crippen LogP contribution in [0.2, 0.25) is 0 Å². The quantitative estimate of drug-likeness (QED) is 0.356. The van der Waals surface area contributed by atoms with Crippen molar-refractivity contribution in [2.24, 2.45) is 7.05 Å². The number of carbonyl (C=O) groups excluding carboxylic acids is 1. The zero-order chi connectivity index (χ0) is 26.1. The maximum absolute atomic E-state index is 14.0. The van der Waals surface area contributed by atoms with Crippen molar-refractivity contribution < 1.29 is 18.0 Å². The second-order valence-electron chi connectivity index (χ2n) is 10.5. The first-order chi connectivity index (χ1) is 17.7. The lowest BCUT2D eigenvalue weighted by atomic mass is 9.81. The number of Topliss-reactive ketones (excluding diaryl/α,β-unsaturated/α-hetero) is 1. The number of aryl methyl sites for hydroxylation is 2. The van der Waals surface area contributed by atoms with Crippen LogP contribution < -0.4 is 0 Å². The highest BCUT2D eigenvalue weighted by Crippen LogP contribution is 2.47. The Hall–Kier alpha value is -3.51. The first-order valence-electron chi connectivity index (χ1n) is 12.6. The number of halogens is 3. The van der Waals surface area contributed by atoms with E-state index in [-0.39, 0.29) is 30.0 Å². The lowest BCUT2D eigenvalue weighted by molar-refractivity contribution is 0.0561. The number of rotatable bonds is 5. The van der Waals surface area contributed by atoms with Crippen molar-refractivity contribution in [2.75, 3.05) is 6.54 Å². The molecule has 0 radical (unpaired) electrons. The van der Waals surface area contributed by atoms with Crippen LogP contribution in [0.15, 0.2) is 24.3 Å². The maximum atomic E-state index is 14.0. The minimum atomic E-state index is -1.49. The Morgan fingerprint density at radius 1 is 1.19 bits per heavy atom. The molecule has 6 rings (SSSR count). The number of piperidine rings is 1. The van der Waals surface area contributed by atoms with Crippen LogP contribution in [0.25, 0.3) is 11.3 Å². The van der Waals surface area contributed by atoms with Crippen LogP contribution in [0.4, 0.5) is 13.2 Å². The molecule has 1 aromatic carbocycles.